The van der Waals surface area contributed by atoms with Gasteiger partial charge in [0.1, 0.15) is 0 Å². The molecule has 0 fully saturated rings. The molecule has 0 aromatic carbocycles. The van der Waals surface area contributed by atoms with E-state index in [1.54, 1.807) is 6.08 Å². The highest BCUT2D eigenvalue weighted by Crippen LogP contribution is 2.09. The fourth-order valence-corrected chi connectivity index (χ4v) is 1.08. The molecule has 0 aliphatic rings. The smallest absolute Gasteiger partial charge is 0.243 e. The predicted molar refractivity (Wildman–Crippen MR) is 59.9 cm³/mol. The molecule has 0 bridgehead atoms. The Morgan fingerprint density at radius 2 is 1.86 bits per heavy atom. The Labute approximate surface area is 86.8 Å². The van der Waals surface area contributed by atoms with Crippen molar-refractivity contribution in [2.75, 3.05) is 6.54 Å². The molecule has 0 aromatic heterocycles. The van der Waals surface area contributed by atoms with Crippen LogP contribution in [0.5, 0.6) is 0 Å². The van der Waals surface area contributed by atoms with Crippen LogP contribution < -0.4 is 11.1 Å². The number of rotatable bonds is 5. The molecule has 1 amide bonds. The van der Waals surface area contributed by atoms with Gasteiger partial charge in [-0.1, -0.05) is 19.4 Å². The summed E-state index contributed by atoms with van der Waals surface area (Å²) in [5, 5.41) is 2.82. The molecule has 14 heavy (non-hydrogen) atoms. The van der Waals surface area contributed by atoms with Gasteiger partial charge in [-0.15, -0.1) is 0 Å². The maximum atomic E-state index is 11.3. The molecule has 82 valence electrons. The Morgan fingerprint density at radius 3 is 2.21 bits per heavy atom. The van der Waals surface area contributed by atoms with Gasteiger partial charge < -0.3 is 11.1 Å². The molecule has 0 radical (unpaired) electrons. The normalized spacial score (nSPS) is 10.9. The van der Waals surface area contributed by atoms with Gasteiger partial charge in [0, 0.05) is 18.2 Å². The molecule has 3 N–H and O–H groups in total. The molecule has 0 saturated heterocycles. The number of carbonyl (C=O) groups is 1. The molecule has 3 heteroatoms. The molecular formula is C11H22N2O. The summed E-state index contributed by atoms with van der Waals surface area (Å²) in [5.74, 6) is -0.0540. The number of carbonyl (C=O) groups excluding carboxylic acids is 1. The lowest BCUT2D eigenvalue weighted by molar-refractivity contribution is -0.116. The van der Waals surface area contributed by atoms with Crippen molar-refractivity contribution in [1.29, 1.82) is 0 Å². The van der Waals surface area contributed by atoms with E-state index in [0.29, 0.717) is 6.54 Å². The fraction of sp³-hybridized carbons (Fsp3) is 0.727. The van der Waals surface area contributed by atoms with Crippen molar-refractivity contribution in [2.24, 2.45) is 5.73 Å². The number of nitrogens with one attached hydrogen (secondary N) is 1. The zero-order chi connectivity index (χ0) is 11.2. The van der Waals surface area contributed by atoms with Gasteiger partial charge in [-0.3, -0.25) is 4.79 Å². The summed E-state index contributed by atoms with van der Waals surface area (Å²) < 4.78 is 0. The highest BCUT2D eigenvalue weighted by atomic mass is 16.1. The van der Waals surface area contributed by atoms with Crippen LogP contribution in [0, 0.1) is 0 Å². The summed E-state index contributed by atoms with van der Waals surface area (Å²) >= 11 is 0. The van der Waals surface area contributed by atoms with Crippen LogP contribution in [0.2, 0.25) is 0 Å². The first kappa shape index (κ1) is 13.2. The Kier molecular flexibility index (Phi) is 5.46. The van der Waals surface area contributed by atoms with Gasteiger partial charge in [-0.05, 0) is 26.7 Å². The molecule has 0 aliphatic carbocycles. The molecule has 0 aromatic rings. The monoisotopic (exact) mass is 198 g/mol. The third kappa shape index (κ3) is 5.02. The first-order valence-electron chi connectivity index (χ1n) is 5.15. The minimum absolute atomic E-state index is 0.0540. The molecule has 0 unspecified atom stereocenters. The van der Waals surface area contributed by atoms with E-state index in [1.807, 2.05) is 27.7 Å². The van der Waals surface area contributed by atoms with Crippen LogP contribution in [0.4, 0.5) is 0 Å². The quantitative estimate of drug-likeness (QED) is 0.659. The SMILES string of the molecule is CCC(N)(CC)CNC(=O)C=C(C)C. The van der Waals surface area contributed by atoms with Crippen LogP contribution in [-0.2, 0) is 4.79 Å². The van der Waals surface area contributed by atoms with Crippen molar-refractivity contribution < 1.29 is 4.79 Å². The summed E-state index contributed by atoms with van der Waals surface area (Å²) in [7, 11) is 0. The van der Waals surface area contributed by atoms with Crippen LogP contribution in [-0.4, -0.2) is 18.0 Å². The Bertz CT molecular complexity index is 213. The average Bonchev–Trinajstić information content (AvgIpc) is 2.13. The lowest BCUT2D eigenvalue weighted by atomic mass is 9.94. The van der Waals surface area contributed by atoms with E-state index in [0.717, 1.165) is 18.4 Å². The largest absolute Gasteiger partial charge is 0.351 e. The first-order chi connectivity index (χ1) is 6.43. The molecule has 3 nitrogen and oxygen atoms in total. The van der Waals surface area contributed by atoms with Crippen molar-refractivity contribution >= 4 is 5.91 Å². The number of nitrogens with two attached hydrogens (primary N) is 1. The Morgan fingerprint density at radius 1 is 1.36 bits per heavy atom. The third-order valence-corrected chi connectivity index (χ3v) is 2.44. The highest BCUT2D eigenvalue weighted by molar-refractivity contribution is 5.88. The number of hydrogen-bond donors (Lipinski definition) is 2. The standard InChI is InChI=1S/C11H22N2O/c1-5-11(12,6-2)8-13-10(14)7-9(3)4/h7H,5-6,8,12H2,1-4H3,(H,13,14). The summed E-state index contributed by atoms with van der Waals surface area (Å²) in [6.45, 7) is 8.42. The zero-order valence-electron chi connectivity index (χ0n) is 9.68. The second-order valence-electron chi connectivity index (χ2n) is 4.01. The van der Waals surface area contributed by atoms with Gasteiger partial charge in [0.05, 0.1) is 0 Å². The molecular weight excluding hydrogens is 176 g/mol. The van der Waals surface area contributed by atoms with E-state index in [9.17, 15) is 4.79 Å². The van der Waals surface area contributed by atoms with E-state index < -0.39 is 0 Å². The number of amides is 1. The van der Waals surface area contributed by atoms with E-state index >= 15 is 0 Å². The summed E-state index contributed by atoms with van der Waals surface area (Å²) in [6, 6.07) is 0. The highest BCUT2D eigenvalue weighted by Gasteiger charge is 2.20. The van der Waals surface area contributed by atoms with Crippen molar-refractivity contribution in [2.45, 2.75) is 46.1 Å². The van der Waals surface area contributed by atoms with Gasteiger partial charge in [0.25, 0.3) is 0 Å². The molecule has 0 atom stereocenters. The van der Waals surface area contributed by atoms with Crippen molar-refractivity contribution in [3.8, 4) is 0 Å². The average molecular weight is 198 g/mol. The minimum atomic E-state index is -0.259. The van der Waals surface area contributed by atoms with Gasteiger partial charge in [-0.2, -0.15) is 0 Å². The third-order valence-electron chi connectivity index (χ3n) is 2.44. The Balaban J connectivity index is 4.05. The first-order valence-corrected chi connectivity index (χ1v) is 5.15. The van der Waals surface area contributed by atoms with Gasteiger partial charge in [0.15, 0.2) is 0 Å². The second kappa shape index (κ2) is 5.81. The fourth-order valence-electron chi connectivity index (χ4n) is 1.08. The predicted octanol–water partition coefficient (Wildman–Crippen LogP) is 1.59. The Hall–Kier alpha value is -0.830. The lowest BCUT2D eigenvalue weighted by Gasteiger charge is -2.26. The number of hydrogen-bond acceptors (Lipinski definition) is 2. The summed E-state index contributed by atoms with van der Waals surface area (Å²) in [5.41, 5.74) is 6.78. The molecule has 0 aliphatic heterocycles. The molecule has 0 heterocycles. The van der Waals surface area contributed by atoms with Crippen molar-refractivity contribution in [3.05, 3.63) is 11.6 Å². The summed E-state index contributed by atoms with van der Waals surface area (Å²) in [6.07, 6.45) is 3.34. The maximum absolute atomic E-state index is 11.3. The van der Waals surface area contributed by atoms with Gasteiger partial charge >= 0.3 is 0 Å². The van der Waals surface area contributed by atoms with Crippen LogP contribution in [0.15, 0.2) is 11.6 Å². The second-order valence-corrected chi connectivity index (χ2v) is 4.01. The molecule has 0 saturated carbocycles. The van der Waals surface area contributed by atoms with E-state index in [2.05, 4.69) is 5.32 Å². The summed E-state index contributed by atoms with van der Waals surface area (Å²) in [4.78, 5) is 11.3. The van der Waals surface area contributed by atoms with Crippen LogP contribution >= 0.6 is 0 Å². The van der Waals surface area contributed by atoms with Crippen molar-refractivity contribution in [3.63, 3.8) is 0 Å². The van der Waals surface area contributed by atoms with Crippen molar-refractivity contribution in [1.82, 2.24) is 5.32 Å². The van der Waals surface area contributed by atoms with Gasteiger partial charge in [-0.25, -0.2) is 0 Å². The maximum Gasteiger partial charge on any atom is 0.243 e. The lowest BCUT2D eigenvalue weighted by Crippen LogP contribution is -2.49. The zero-order valence-corrected chi connectivity index (χ0v) is 9.68. The van der Waals surface area contributed by atoms with E-state index in [-0.39, 0.29) is 11.4 Å². The van der Waals surface area contributed by atoms with E-state index in [4.69, 9.17) is 5.73 Å². The van der Waals surface area contributed by atoms with Gasteiger partial charge in [0.2, 0.25) is 5.91 Å². The minimum Gasteiger partial charge on any atom is -0.351 e. The van der Waals surface area contributed by atoms with E-state index in [1.165, 1.54) is 0 Å². The molecule has 0 spiro atoms. The topological polar surface area (TPSA) is 55.1 Å². The van der Waals surface area contributed by atoms with Crippen LogP contribution in [0.1, 0.15) is 40.5 Å². The van der Waals surface area contributed by atoms with Crippen LogP contribution in [0.3, 0.4) is 0 Å². The molecule has 0 rings (SSSR count). The number of allylic oxidation sites excluding steroid dienone is 1. The van der Waals surface area contributed by atoms with Crippen LogP contribution in [0.25, 0.3) is 0 Å².